The van der Waals surface area contributed by atoms with E-state index in [0.29, 0.717) is 24.0 Å². The highest BCUT2D eigenvalue weighted by Gasteiger charge is 2.31. The summed E-state index contributed by atoms with van der Waals surface area (Å²) in [5.74, 6) is 0.649. The van der Waals surface area contributed by atoms with E-state index >= 15 is 0 Å². The van der Waals surface area contributed by atoms with Gasteiger partial charge in [-0.15, -0.1) is 0 Å². The maximum Gasteiger partial charge on any atom is 0.332 e. The summed E-state index contributed by atoms with van der Waals surface area (Å²) in [7, 11) is 1.67. The number of aliphatic hydroxyl groups is 1. The molecule has 1 fully saturated rings. The van der Waals surface area contributed by atoms with Crippen LogP contribution in [-0.2, 0) is 0 Å². The highest BCUT2D eigenvalue weighted by molar-refractivity contribution is 5.63. The Balaban J connectivity index is 2.51. The van der Waals surface area contributed by atoms with Crippen LogP contribution >= 0.6 is 0 Å². The predicted octanol–water partition coefficient (Wildman–Crippen LogP) is 1.09. The molecule has 20 heavy (non-hydrogen) atoms. The molecular weight excluding hydrogens is 262 g/mol. The lowest BCUT2D eigenvalue weighted by molar-refractivity contribution is -0.385. The van der Waals surface area contributed by atoms with Crippen LogP contribution in [0.4, 0.5) is 17.5 Å². The van der Waals surface area contributed by atoms with Crippen LogP contribution in [0.3, 0.4) is 0 Å². The summed E-state index contributed by atoms with van der Waals surface area (Å²) >= 11 is 0. The second kappa shape index (κ2) is 6.00. The van der Waals surface area contributed by atoms with E-state index in [1.165, 1.54) is 0 Å². The summed E-state index contributed by atoms with van der Waals surface area (Å²) in [5.41, 5.74) is 0.246. The van der Waals surface area contributed by atoms with Crippen molar-refractivity contribution in [2.75, 3.05) is 30.4 Å². The Bertz CT molecular complexity index is 508. The smallest absolute Gasteiger partial charge is 0.332 e. The third-order valence-corrected chi connectivity index (χ3v) is 3.56. The van der Waals surface area contributed by atoms with Crippen molar-refractivity contribution in [1.82, 2.24) is 9.97 Å². The van der Waals surface area contributed by atoms with Gasteiger partial charge in [0.05, 0.1) is 17.6 Å². The highest BCUT2D eigenvalue weighted by Crippen LogP contribution is 2.33. The van der Waals surface area contributed by atoms with E-state index in [1.807, 2.05) is 4.90 Å². The van der Waals surface area contributed by atoms with Crippen LogP contribution in [-0.4, -0.2) is 46.2 Å². The van der Waals surface area contributed by atoms with Gasteiger partial charge in [-0.2, -0.15) is 4.98 Å². The lowest BCUT2D eigenvalue weighted by atomic mass is 10.0. The summed E-state index contributed by atoms with van der Waals surface area (Å²) in [5, 5.41) is 23.6. The van der Waals surface area contributed by atoms with E-state index in [9.17, 15) is 15.2 Å². The molecule has 0 radical (unpaired) electrons. The van der Waals surface area contributed by atoms with Crippen molar-refractivity contribution in [3.8, 4) is 0 Å². The molecule has 8 nitrogen and oxygen atoms in total. The standard InChI is InChI=1S/C12H19N5O3/c1-8-10(17(19)20)11(15-12(13-2)14-8)16-6-4-3-5-9(16)7-18/h9,18H,3-7H2,1-2H3,(H,13,14,15). The molecule has 8 heteroatoms. The zero-order valence-electron chi connectivity index (χ0n) is 11.7. The fourth-order valence-corrected chi connectivity index (χ4v) is 2.55. The van der Waals surface area contributed by atoms with Crippen molar-refractivity contribution >= 4 is 17.5 Å². The number of hydrogen-bond acceptors (Lipinski definition) is 7. The largest absolute Gasteiger partial charge is 0.394 e. The molecule has 1 atom stereocenters. The number of piperidine rings is 1. The summed E-state index contributed by atoms with van der Waals surface area (Å²) < 4.78 is 0. The molecule has 0 aromatic carbocycles. The Labute approximate surface area is 117 Å². The maximum absolute atomic E-state index is 11.3. The minimum Gasteiger partial charge on any atom is -0.394 e. The van der Waals surface area contributed by atoms with Gasteiger partial charge in [-0.3, -0.25) is 10.1 Å². The third kappa shape index (κ3) is 2.64. The van der Waals surface area contributed by atoms with Crippen LogP contribution in [0.25, 0.3) is 0 Å². The third-order valence-electron chi connectivity index (χ3n) is 3.56. The molecule has 1 aliphatic rings. The van der Waals surface area contributed by atoms with Crippen molar-refractivity contribution in [3.63, 3.8) is 0 Å². The van der Waals surface area contributed by atoms with Gasteiger partial charge in [-0.05, 0) is 26.2 Å². The van der Waals surface area contributed by atoms with E-state index < -0.39 is 4.92 Å². The van der Waals surface area contributed by atoms with E-state index in [0.717, 1.165) is 19.3 Å². The lowest BCUT2D eigenvalue weighted by Crippen LogP contribution is -2.43. The maximum atomic E-state index is 11.3. The van der Waals surface area contributed by atoms with E-state index in [4.69, 9.17) is 0 Å². The normalized spacial score (nSPS) is 18.9. The van der Waals surface area contributed by atoms with Gasteiger partial charge in [0.15, 0.2) is 0 Å². The molecule has 1 aromatic heterocycles. The Hall–Kier alpha value is -1.96. The van der Waals surface area contributed by atoms with Crippen LogP contribution in [0.5, 0.6) is 0 Å². The number of aryl methyl sites for hydroxylation is 1. The van der Waals surface area contributed by atoms with Crippen molar-refractivity contribution in [3.05, 3.63) is 15.8 Å². The average Bonchev–Trinajstić information content (AvgIpc) is 2.45. The molecule has 110 valence electrons. The number of rotatable bonds is 4. The first-order valence-electron chi connectivity index (χ1n) is 6.66. The number of hydrogen-bond donors (Lipinski definition) is 2. The number of anilines is 2. The molecule has 1 saturated heterocycles. The van der Waals surface area contributed by atoms with Crippen molar-refractivity contribution in [2.24, 2.45) is 0 Å². The first-order valence-corrected chi connectivity index (χ1v) is 6.66. The number of aromatic nitrogens is 2. The Morgan fingerprint density at radius 2 is 2.25 bits per heavy atom. The van der Waals surface area contributed by atoms with Gasteiger partial charge in [0, 0.05) is 13.6 Å². The Kier molecular flexibility index (Phi) is 4.33. The van der Waals surface area contributed by atoms with Gasteiger partial charge in [-0.25, -0.2) is 4.98 Å². The summed E-state index contributed by atoms with van der Waals surface area (Å²) in [4.78, 5) is 21.0. The molecule has 0 saturated carbocycles. The van der Waals surface area contributed by atoms with Gasteiger partial charge in [0.1, 0.15) is 5.69 Å². The fourth-order valence-electron chi connectivity index (χ4n) is 2.55. The van der Waals surface area contributed by atoms with Gasteiger partial charge in [-0.1, -0.05) is 0 Å². The molecule has 1 unspecified atom stereocenters. The zero-order valence-corrected chi connectivity index (χ0v) is 11.7. The molecule has 0 bridgehead atoms. The topological polar surface area (TPSA) is 104 Å². The number of aliphatic hydroxyl groups excluding tert-OH is 1. The zero-order chi connectivity index (χ0) is 14.7. The molecular formula is C12H19N5O3. The Morgan fingerprint density at radius 1 is 1.50 bits per heavy atom. The molecule has 2 N–H and O–H groups in total. The van der Waals surface area contributed by atoms with Crippen LogP contribution < -0.4 is 10.2 Å². The summed E-state index contributed by atoms with van der Waals surface area (Å²) in [6, 6.07) is -0.124. The minimum absolute atomic E-state index is 0.0326. The van der Waals surface area contributed by atoms with Crippen molar-refractivity contribution in [2.45, 2.75) is 32.2 Å². The van der Waals surface area contributed by atoms with Crippen LogP contribution in [0.15, 0.2) is 0 Å². The van der Waals surface area contributed by atoms with Crippen LogP contribution in [0.1, 0.15) is 25.0 Å². The van der Waals surface area contributed by atoms with E-state index in [1.54, 1.807) is 14.0 Å². The second-order valence-electron chi connectivity index (χ2n) is 4.84. The van der Waals surface area contributed by atoms with Crippen LogP contribution in [0, 0.1) is 17.0 Å². The molecule has 2 heterocycles. The fraction of sp³-hybridized carbons (Fsp3) is 0.667. The quantitative estimate of drug-likeness (QED) is 0.628. The Morgan fingerprint density at radius 3 is 2.85 bits per heavy atom. The minimum atomic E-state index is -0.451. The van der Waals surface area contributed by atoms with Crippen LogP contribution in [0.2, 0.25) is 0 Å². The lowest BCUT2D eigenvalue weighted by Gasteiger charge is -2.35. The van der Waals surface area contributed by atoms with Gasteiger partial charge >= 0.3 is 5.69 Å². The molecule has 1 aromatic rings. The predicted molar refractivity (Wildman–Crippen MR) is 75.0 cm³/mol. The van der Waals surface area contributed by atoms with Gasteiger partial charge < -0.3 is 15.3 Å². The van der Waals surface area contributed by atoms with Gasteiger partial charge in [0.2, 0.25) is 11.8 Å². The van der Waals surface area contributed by atoms with E-state index in [-0.39, 0.29) is 18.3 Å². The molecule has 0 aliphatic carbocycles. The number of nitro groups is 1. The summed E-state index contributed by atoms with van der Waals surface area (Å²) in [6.07, 6.45) is 2.76. The van der Waals surface area contributed by atoms with E-state index in [2.05, 4.69) is 15.3 Å². The highest BCUT2D eigenvalue weighted by atomic mass is 16.6. The molecule has 0 amide bonds. The first-order chi connectivity index (χ1) is 9.58. The number of nitrogens with one attached hydrogen (secondary N) is 1. The van der Waals surface area contributed by atoms with Crippen molar-refractivity contribution < 1.29 is 10.0 Å². The molecule has 2 rings (SSSR count). The SMILES string of the molecule is CNc1nc(C)c([N+](=O)[O-])c(N2CCCCC2CO)n1. The van der Waals surface area contributed by atoms with Crippen molar-refractivity contribution in [1.29, 1.82) is 0 Å². The van der Waals surface area contributed by atoms with Gasteiger partial charge in [0.25, 0.3) is 0 Å². The molecule has 1 aliphatic heterocycles. The second-order valence-corrected chi connectivity index (χ2v) is 4.84. The monoisotopic (exact) mass is 281 g/mol. The molecule has 0 spiro atoms. The summed E-state index contributed by atoms with van der Waals surface area (Å²) in [6.45, 7) is 2.23. The number of nitrogens with zero attached hydrogens (tertiary/aromatic N) is 4. The average molecular weight is 281 g/mol. The first kappa shape index (κ1) is 14.4.